The fourth-order valence-electron chi connectivity index (χ4n) is 3.82. The van der Waals surface area contributed by atoms with E-state index in [0.717, 1.165) is 48.3 Å². The molecule has 0 bridgehead atoms. The average molecular weight is 398 g/mol. The molecule has 0 unspecified atom stereocenters. The van der Waals surface area contributed by atoms with Crippen LogP contribution in [0.5, 0.6) is 5.75 Å². The number of hydrogen-bond acceptors (Lipinski definition) is 4. The first-order chi connectivity index (χ1) is 13.6. The van der Waals surface area contributed by atoms with Crippen LogP contribution in [-0.4, -0.2) is 28.1 Å². The third-order valence-electron chi connectivity index (χ3n) is 5.16. The topological polar surface area (TPSA) is 60.8 Å². The third kappa shape index (κ3) is 3.44. The number of aromatic amines is 1. The van der Waals surface area contributed by atoms with E-state index in [1.54, 1.807) is 30.5 Å². The maximum atomic E-state index is 13.5. The van der Waals surface area contributed by atoms with Gasteiger partial charge in [-0.05, 0) is 50.5 Å². The second kappa shape index (κ2) is 7.80. The lowest BCUT2D eigenvalue weighted by Crippen LogP contribution is -2.31. The van der Waals surface area contributed by atoms with E-state index in [2.05, 4.69) is 9.88 Å². The maximum absolute atomic E-state index is 13.5. The summed E-state index contributed by atoms with van der Waals surface area (Å²) in [5, 5.41) is 0.879. The van der Waals surface area contributed by atoms with E-state index in [9.17, 15) is 8.42 Å². The number of ether oxygens (including phenoxy) is 1. The van der Waals surface area contributed by atoms with Crippen LogP contribution in [0.3, 0.4) is 0 Å². The Bertz CT molecular complexity index is 1080. The molecule has 5 nitrogen and oxygen atoms in total. The van der Waals surface area contributed by atoms with Gasteiger partial charge in [-0.2, -0.15) is 0 Å². The standard InChI is InChI=1S/C22H24N2O3S/c1-2-27-17-11-12-20-19(15-17)22(24-13-7-4-8-14-24)21(16-23-20)28(25,26)18-9-5-3-6-10-18/h3,5-6,9-12,15-16H,2,4,7-8,13-14H2,1H3/p+1. The molecule has 0 atom stereocenters. The number of aromatic nitrogens is 1. The van der Waals surface area contributed by atoms with Crippen molar-refractivity contribution in [2.24, 2.45) is 0 Å². The molecule has 1 aliphatic heterocycles. The minimum atomic E-state index is -3.65. The Balaban J connectivity index is 1.97. The second-order valence-electron chi connectivity index (χ2n) is 7.01. The largest absolute Gasteiger partial charge is 0.494 e. The number of benzene rings is 2. The highest BCUT2D eigenvalue weighted by atomic mass is 32.2. The van der Waals surface area contributed by atoms with Gasteiger partial charge in [0.05, 0.1) is 22.6 Å². The first-order valence-corrected chi connectivity index (χ1v) is 11.3. The zero-order valence-corrected chi connectivity index (χ0v) is 16.8. The summed E-state index contributed by atoms with van der Waals surface area (Å²) in [6.07, 6.45) is 4.94. The van der Waals surface area contributed by atoms with E-state index >= 15 is 0 Å². The molecule has 146 valence electrons. The Morgan fingerprint density at radius 1 is 1.04 bits per heavy atom. The Morgan fingerprint density at radius 3 is 2.50 bits per heavy atom. The number of sulfone groups is 1. The first kappa shape index (κ1) is 18.7. The monoisotopic (exact) mass is 397 g/mol. The zero-order valence-electron chi connectivity index (χ0n) is 16.0. The van der Waals surface area contributed by atoms with E-state index in [4.69, 9.17) is 4.74 Å². The summed E-state index contributed by atoms with van der Waals surface area (Å²) in [7, 11) is -3.65. The summed E-state index contributed by atoms with van der Waals surface area (Å²) < 4.78 is 32.6. The Labute approximate surface area is 165 Å². The van der Waals surface area contributed by atoms with Crippen LogP contribution in [0.2, 0.25) is 0 Å². The molecule has 1 aromatic heterocycles. The SMILES string of the molecule is CCOc1ccc2[nH+]cc(S(=O)(=O)c3ccccc3)c(N3CCCCC3)c2c1. The first-order valence-electron chi connectivity index (χ1n) is 9.77. The van der Waals surface area contributed by atoms with Crippen LogP contribution < -0.4 is 14.6 Å². The molecule has 0 spiro atoms. The van der Waals surface area contributed by atoms with Crippen molar-refractivity contribution in [3.63, 3.8) is 0 Å². The molecule has 0 amide bonds. The molecule has 2 aromatic carbocycles. The minimum absolute atomic E-state index is 0.307. The van der Waals surface area contributed by atoms with E-state index in [1.165, 1.54) is 6.42 Å². The van der Waals surface area contributed by atoms with Crippen LogP contribution in [-0.2, 0) is 9.84 Å². The van der Waals surface area contributed by atoms with Crippen molar-refractivity contribution in [1.29, 1.82) is 0 Å². The number of rotatable bonds is 5. The number of fused-ring (bicyclic) bond motifs is 1. The highest BCUT2D eigenvalue weighted by Gasteiger charge is 2.30. The van der Waals surface area contributed by atoms with Gasteiger partial charge < -0.3 is 9.64 Å². The minimum Gasteiger partial charge on any atom is -0.494 e. The van der Waals surface area contributed by atoms with Crippen LogP contribution >= 0.6 is 0 Å². The quantitative estimate of drug-likeness (QED) is 0.656. The summed E-state index contributed by atoms with van der Waals surface area (Å²) in [6.45, 7) is 4.22. The smallest absolute Gasteiger partial charge is 0.214 e. The van der Waals surface area contributed by atoms with E-state index in [-0.39, 0.29) is 0 Å². The zero-order chi connectivity index (χ0) is 19.6. The van der Waals surface area contributed by atoms with Gasteiger partial charge in [0.25, 0.3) is 0 Å². The number of anilines is 1. The maximum Gasteiger partial charge on any atom is 0.214 e. The van der Waals surface area contributed by atoms with Gasteiger partial charge in [-0.1, -0.05) is 18.2 Å². The van der Waals surface area contributed by atoms with Crippen LogP contribution in [0.4, 0.5) is 5.69 Å². The number of H-pyrrole nitrogens is 1. The summed E-state index contributed by atoms with van der Waals surface area (Å²) >= 11 is 0. The van der Waals surface area contributed by atoms with Gasteiger partial charge in [0.15, 0.2) is 11.1 Å². The number of hydrogen-bond donors (Lipinski definition) is 0. The molecule has 28 heavy (non-hydrogen) atoms. The molecule has 1 saturated heterocycles. The number of nitrogens with one attached hydrogen (secondary N) is 1. The van der Waals surface area contributed by atoms with Crippen LogP contribution in [0.15, 0.2) is 64.5 Å². The molecule has 0 aliphatic carbocycles. The molecule has 1 aliphatic rings. The van der Waals surface area contributed by atoms with Gasteiger partial charge in [-0.25, -0.2) is 13.4 Å². The van der Waals surface area contributed by atoms with E-state index < -0.39 is 9.84 Å². The Morgan fingerprint density at radius 2 is 1.79 bits per heavy atom. The van der Waals surface area contributed by atoms with E-state index in [1.807, 2.05) is 31.2 Å². The number of nitrogens with zero attached hydrogens (tertiary/aromatic N) is 1. The van der Waals surface area contributed by atoms with Crippen molar-refractivity contribution in [2.45, 2.75) is 36.0 Å². The predicted molar refractivity (Wildman–Crippen MR) is 110 cm³/mol. The van der Waals surface area contributed by atoms with Gasteiger partial charge >= 0.3 is 0 Å². The molecule has 3 aromatic rings. The van der Waals surface area contributed by atoms with Crippen molar-refractivity contribution in [3.8, 4) is 5.75 Å². The molecule has 1 fully saturated rings. The second-order valence-corrected chi connectivity index (χ2v) is 8.92. The summed E-state index contributed by atoms with van der Waals surface area (Å²) in [5.74, 6) is 0.746. The van der Waals surface area contributed by atoms with Crippen molar-refractivity contribution in [3.05, 3.63) is 54.7 Å². The molecule has 0 saturated carbocycles. The average Bonchev–Trinajstić information content (AvgIpc) is 2.74. The van der Waals surface area contributed by atoms with Crippen molar-refractivity contribution >= 4 is 26.4 Å². The van der Waals surface area contributed by atoms with Crippen LogP contribution in [0, 0.1) is 0 Å². The van der Waals surface area contributed by atoms with Gasteiger partial charge in [0.1, 0.15) is 5.75 Å². The van der Waals surface area contributed by atoms with Crippen LogP contribution in [0.25, 0.3) is 10.9 Å². The van der Waals surface area contributed by atoms with Gasteiger partial charge in [0.2, 0.25) is 15.4 Å². The van der Waals surface area contributed by atoms with Crippen LogP contribution in [0.1, 0.15) is 26.2 Å². The van der Waals surface area contributed by atoms with Gasteiger partial charge in [-0.15, -0.1) is 0 Å². The number of pyridine rings is 1. The highest BCUT2D eigenvalue weighted by Crippen LogP contribution is 2.37. The predicted octanol–water partition coefficient (Wildman–Crippen LogP) is 3.88. The lowest BCUT2D eigenvalue weighted by atomic mass is 10.1. The molecule has 6 heteroatoms. The Kier molecular flexibility index (Phi) is 5.22. The van der Waals surface area contributed by atoms with Crippen molar-refractivity contribution in [2.75, 3.05) is 24.6 Å². The van der Waals surface area contributed by atoms with Gasteiger partial charge in [0, 0.05) is 19.2 Å². The summed E-state index contributed by atoms with van der Waals surface area (Å²) in [5.41, 5.74) is 1.68. The third-order valence-corrected chi connectivity index (χ3v) is 6.95. The molecular formula is C22H25N2O3S+. The molecular weight excluding hydrogens is 372 g/mol. The van der Waals surface area contributed by atoms with Gasteiger partial charge in [-0.3, -0.25) is 0 Å². The number of piperidine rings is 1. The molecule has 4 rings (SSSR count). The van der Waals surface area contributed by atoms with Crippen molar-refractivity contribution in [1.82, 2.24) is 0 Å². The van der Waals surface area contributed by atoms with Crippen molar-refractivity contribution < 1.29 is 18.1 Å². The lowest BCUT2D eigenvalue weighted by molar-refractivity contribution is -0.347. The molecule has 2 heterocycles. The fourth-order valence-corrected chi connectivity index (χ4v) is 5.30. The molecule has 0 radical (unpaired) electrons. The Hall–Kier alpha value is -2.60. The summed E-state index contributed by atoms with van der Waals surface area (Å²) in [6, 6.07) is 14.4. The summed E-state index contributed by atoms with van der Waals surface area (Å²) in [4.78, 5) is 6.02. The highest BCUT2D eigenvalue weighted by molar-refractivity contribution is 7.91. The fraction of sp³-hybridized carbons (Fsp3) is 0.318. The normalized spacial score (nSPS) is 15.0. The molecule has 1 N–H and O–H groups in total. The van der Waals surface area contributed by atoms with E-state index in [0.29, 0.717) is 16.4 Å². The lowest BCUT2D eigenvalue weighted by Gasteiger charge is -2.30.